The number of halogens is 1. The van der Waals surface area contributed by atoms with E-state index in [9.17, 15) is 20.1 Å². The Morgan fingerprint density at radius 3 is 2.39 bits per heavy atom. The number of hydrogen-bond donors (Lipinski definition) is 3. The Bertz CT molecular complexity index is 1820. The average molecular weight is 629 g/mol. The zero-order valence-corrected chi connectivity index (χ0v) is 25.6. The van der Waals surface area contributed by atoms with Crippen molar-refractivity contribution in [2.24, 2.45) is 0 Å². The second-order valence-corrected chi connectivity index (χ2v) is 13.3. The number of fused-ring (bicyclic) bond motifs is 5. The smallest absolute Gasteiger partial charge is 0.407 e. The summed E-state index contributed by atoms with van der Waals surface area (Å²) in [7, 11) is 0. The number of aliphatic hydroxyl groups excluding tert-OH is 2. The zero-order chi connectivity index (χ0) is 31.7. The SMILES string of the molecule is CCc1cccc2cccc(-c3ncc4c(N5C[C@H]6CC[C@@H](C5)N6C(=O)O)nc(OCC56C[C@H](O)CN5C[C@H](O)C6)nc4c3F)c12. The van der Waals surface area contributed by atoms with Crippen molar-refractivity contribution >= 4 is 33.6 Å². The fourth-order valence-electron chi connectivity index (χ4n) is 8.54. The summed E-state index contributed by atoms with van der Waals surface area (Å²) in [5.74, 6) is -0.122. The highest BCUT2D eigenvalue weighted by Crippen LogP contribution is 2.41. The van der Waals surface area contributed by atoms with E-state index in [0.717, 1.165) is 35.6 Å². The van der Waals surface area contributed by atoms with Crippen LogP contribution in [0.4, 0.5) is 15.0 Å². The van der Waals surface area contributed by atoms with Gasteiger partial charge in [-0.15, -0.1) is 0 Å². The molecule has 0 spiro atoms. The molecule has 46 heavy (non-hydrogen) atoms. The van der Waals surface area contributed by atoms with Crippen molar-refractivity contribution in [1.29, 1.82) is 0 Å². The molecule has 12 heteroatoms. The number of ether oxygens (including phenoxy) is 1. The Labute approximate surface area is 265 Å². The van der Waals surface area contributed by atoms with Gasteiger partial charge in [0.25, 0.3) is 0 Å². The Morgan fingerprint density at radius 1 is 1.02 bits per heavy atom. The molecular formula is C34H37FN6O5. The number of piperazine rings is 1. The maximum absolute atomic E-state index is 16.8. The van der Waals surface area contributed by atoms with E-state index in [1.807, 2.05) is 41.3 Å². The predicted octanol–water partition coefficient (Wildman–Crippen LogP) is 3.83. The number of carboxylic acid groups (broad SMARTS) is 1. The van der Waals surface area contributed by atoms with Crippen LogP contribution < -0.4 is 9.64 Å². The first kappa shape index (κ1) is 29.3. The number of β-amino-alcohol motifs (C(OH)–C–C–N with tert-alkyl or cyclic N) is 2. The highest BCUT2D eigenvalue weighted by atomic mass is 19.1. The number of carbonyl (C=O) groups is 1. The molecule has 1 unspecified atom stereocenters. The zero-order valence-electron chi connectivity index (χ0n) is 25.6. The van der Waals surface area contributed by atoms with E-state index in [1.165, 1.54) is 4.90 Å². The molecule has 2 bridgehead atoms. The number of rotatable bonds is 6. The Hall–Kier alpha value is -4.13. The first-order valence-electron chi connectivity index (χ1n) is 16.1. The third kappa shape index (κ3) is 4.65. The van der Waals surface area contributed by atoms with E-state index < -0.39 is 29.7 Å². The molecule has 2 aromatic heterocycles. The molecular weight excluding hydrogens is 591 g/mol. The van der Waals surface area contributed by atoms with Crippen LogP contribution in [0.15, 0.2) is 42.6 Å². The number of amides is 1. The largest absolute Gasteiger partial charge is 0.465 e. The summed E-state index contributed by atoms with van der Waals surface area (Å²) in [4.78, 5) is 31.7. The van der Waals surface area contributed by atoms with E-state index in [-0.39, 0.29) is 35.9 Å². The molecule has 2 aromatic carbocycles. The van der Waals surface area contributed by atoms with Crippen LogP contribution in [0, 0.1) is 5.82 Å². The standard InChI is InChI=1S/C34H37FN6O5/c1-2-19-5-3-6-20-7-4-8-25(27(19)20)29-28(35)30-26(13-36-29)31(39-14-21-9-10-22(15-39)41(21)33(44)45)38-32(37-30)46-18-34-11-23(42)16-40(34)17-24(43)12-34/h3-8,13,21-24,42-43H,2,9-12,14-18H2,1H3,(H,44,45)/t21-,22+,23-,24+,34?. The van der Waals surface area contributed by atoms with Gasteiger partial charge in [-0.2, -0.15) is 9.97 Å². The van der Waals surface area contributed by atoms with Gasteiger partial charge >= 0.3 is 12.1 Å². The lowest BCUT2D eigenvalue weighted by Crippen LogP contribution is -2.55. The van der Waals surface area contributed by atoms with E-state index >= 15 is 4.39 Å². The van der Waals surface area contributed by atoms with E-state index in [1.54, 1.807) is 6.20 Å². The number of nitrogens with zero attached hydrogens (tertiary/aromatic N) is 6. The molecule has 4 fully saturated rings. The average Bonchev–Trinajstić information content (AvgIpc) is 3.62. The normalized spacial score (nSPS) is 27.6. The van der Waals surface area contributed by atoms with Gasteiger partial charge in [-0.1, -0.05) is 43.3 Å². The van der Waals surface area contributed by atoms with Crippen molar-refractivity contribution in [3.63, 3.8) is 0 Å². The minimum atomic E-state index is -0.927. The molecule has 5 atom stereocenters. The molecule has 0 saturated carbocycles. The van der Waals surface area contributed by atoms with Gasteiger partial charge in [0.2, 0.25) is 0 Å². The van der Waals surface area contributed by atoms with Gasteiger partial charge in [-0.3, -0.25) is 14.8 Å². The molecule has 4 aromatic rings. The number of aryl methyl sites for hydroxylation is 1. The van der Waals surface area contributed by atoms with Crippen molar-refractivity contribution < 1.29 is 29.2 Å². The van der Waals surface area contributed by atoms with E-state index in [4.69, 9.17) is 9.72 Å². The van der Waals surface area contributed by atoms with Crippen LogP contribution in [0.25, 0.3) is 32.9 Å². The minimum absolute atomic E-state index is 0.00386. The monoisotopic (exact) mass is 628 g/mol. The molecule has 8 rings (SSSR count). The summed E-state index contributed by atoms with van der Waals surface area (Å²) < 4.78 is 23.1. The van der Waals surface area contributed by atoms with Crippen LogP contribution in [0.3, 0.4) is 0 Å². The first-order valence-corrected chi connectivity index (χ1v) is 16.1. The molecule has 11 nitrogen and oxygen atoms in total. The van der Waals surface area contributed by atoms with Gasteiger partial charge in [-0.25, -0.2) is 9.18 Å². The molecule has 4 saturated heterocycles. The lowest BCUT2D eigenvalue weighted by molar-refractivity contribution is 0.105. The van der Waals surface area contributed by atoms with Crippen LogP contribution >= 0.6 is 0 Å². The van der Waals surface area contributed by atoms with Gasteiger partial charge in [0.1, 0.15) is 23.6 Å². The highest BCUT2D eigenvalue weighted by molar-refractivity contribution is 6.00. The topological polar surface area (TPSA) is 135 Å². The Morgan fingerprint density at radius 2 is 1.72 bits per heavy atom. The molecule has 4 aliphatic heterocycles. The summed E-state index contributed by atoms with van der Waals surface area (Å²) >= 11 is 0. The number of aliphatic hydroxyl groups is 2. The lowest BCUT2D eigenvalue weighted by atomic mass is 9.93. The third-order valence-electron chi connectivity index (χ3n) is 10.5. The van der Waals surface area contributed by atoms with Crippen molar-refractivity contribution in [3.8, 4) is 17.3 Å². The summed E-state index contributed by atoms with van der Waals surface area (Å²) in [6.45, 7) is 3.94. The van der Waals surface area contributed by atoms with Crippen LogP contribution in [-0.4, -0.2) is 109 Å². The van der Waals surface area contributed by atoms with Gasteiger partial charge < -0.3 is 25.0 Å². The second kappa shape index (κ2) is 11.0. The third-order valence-corrected chi connectivity index (χ3v) is 10.5. The summed E-state index contributed by atoms with van der Waals surface area (Å²) in [5, 5.41) is 33.1. The predicted molar refractivity (Wildman–Crippen MR) is 170 cm³/mol. The van der Waals surface area contributed by atoms with Crippen molar-refractivity contribution in [2.45, 2.75) is 68.9 Å². The van der Waals surface area contributed by atoms with Crippen LogP contribution in [0.1, 0.15) is 38.2 Å². The van der Waals surface area contributed by atoms with Gasteiger partial charge in [-0.05, 0) is 48.4 Å². The lowest BCUT2D eigenvalue weighted by Gasteiger charge is -2.40. The summed E-state index contributed by atoms with van der Waals surface area (Å²) in [6.07, 6.45) is 2.83. The van der Waals surface area contributed by atoms with Gasteiger partial charge in [0, 0.05) is 37.9 Å². The van der Waals surface area contributed by atoms with Crippen LogP contribution in [0.2, 0.25) is 0 Å². The number of hydrogen-bond acceptors (Lipinski definition) is 9. The summed E-state index contributed by atoms with van der Waals surface area (Å²) in [5.41, 5.74) is 1.48. The highest BCUT2D eigenvalue weighted by Gasteiger charge is 2.52. The summed E-state index contributed by atoms with van der Waals surface area (Å²) in [6, 6.07) is 11.5. The fraction of sp³-hybridized carbons (Fsp3) is 0.471. The maximum Gasteiger partial charge on any atom is 0.407 e. The van der Waals surface area contributed by atoms with E-state index in [2.05, 4.69) is 21.8 Å². The van der Waals surface area contributed by atoms with Gasteiger partial charge in [0.05, 0.1) is 35.2 Å². The first-order chi connectivity index (χ1) is 22.2. The molecule has 0 radical (unpaired) electrons. The Balaban J connectivity index is 1.24. The molecule has 3 N–H and O–H groups in total. The van der Waals surface area contributed by atoms with E-state index in [0.29, 0.717) is 55.8 Å². The second-order valence-electron chi connectivity index (χ2n) is 13.3. The van der Waals surface area contributed by atoms with Crippen molar-refractivity contribution in [2.75, 3.05) is 37.7 Å². The molecule has 1 amide bonds. The quantitative estimate of drug-likeness (QED) is 0.289. The molecule has 4 aliphatic rings. The number of benzene rings is 2. The number of pyridine rings is 1. The Kier molecular flexibility index (Phi) is 7.00. The van der Waals surface area contributed by atoms with Crippen LogP contribution in [-0.2, 0) is 6.42 Å². The number of anilines is 1. The fourth-order valence-corrected chi connectivity index (χ4v) is 8.54. The number of aromatic nitrogens is 3. The van der Waals surface area contributed by atoms with Crippen molar-refractivity contribution in [3.05, 3.63) is 54.0 Å². The molecule has 6 heterocycles. The molecule has 240 valence electrons. The minimum Gasteiger partial charge on any atom is -0.465 e. The van der Waals surface area contributed by atoms with Crippen molar-refractivity contribution in [1.82, 2.24) is 24.8 Å². The maximum atomic E-state index is 16.8. The molecule has 0 aliphatic carbocycles. The van der Waals surface area contributed by atoms with Crippen LogP contribution in [0.5, 0.6) is 6.01 Å². The van der Waals surface area contributed by atoms with Gasteiger partial charge in [0.15, 0.2) is 5.82 Å².